The SMILES string of the molecule is O=c1nc(Nc2ccc(-c3ccc(C(F)(F)F)cc3)cc2)c2cccnc2n1O. The molecule has 9 heteroatoms. The van der Waals surface area contributed by atoms with E-state index in [1.807, 2.05) is 0 Å². The number of aromatic nitrogens is 3. The van der Waals surface area contributed by atoms with E-state index in [1.165, 1.54) is 18.3 Å². The van der Waals surface area contributed by atoms with Crippen molar-refractivity contribution in [1.29, 1.82) is 0 Å². The second-order valence-corrected chi connectivity index (χ2v) is 6.21. The van der Waals surface area contributed by atoms with Crippen LogP contribution in [0.2, 0.25) is 0 Å². The molecule has 0 fully saturated rings. The fraction of sp³-hybridized carbons (Fsp3) is 0.0500. The summed E-state index contributed by atoms with van der Waals surface area (Å²) in [5.41, 5.74) is 0.462. The number of hydrogen-bond acceptors (Lipinski definition) is 5. The molecule has 29 heavy (non-hydrogen) atoms. The van der Waals surface area contributed by atoms with Crippen molar-refractivity contribution < 1.29 is 18.4 Å². The highest BCUT2D eigenvalue weighted by Gasteiger charge is 2.29. The van der Waals surface area contributed by atoms with Crippen LogP contribution in [0, 0.1) is 0 Å². The Balaban J connectivity index is 1.62. The summed E-state index contributed by atoms with van der Waals surface area (Å²) >= 11 is 0. The lowest BCUT2D eigenvalue weighted by Gasteiger charge is -2.11. The van der Waals surface area contributed by atoms with E-state index in [2.05, 4.69) is 15.3 Å². The molecular formula is C20H13F3N4O2. The number of hydrogen-bond donors (Lipinski definition) is 2. The highest BCUT2D eigenvalue weighted by atomic mass is 19.4. The van der Waals surface area contributed by atoms with Crippen molar-refractivity contribution in [2.45, 2.75) is 6.18 Å². The molecule has 0 amide bonds. The number of fused-ring (bicyclic) bond motifs is 1. The first-order valence-corrected chi connectivity index (χ1v) is 8.45. The Morgan fingerprint density at radius 1 is 0.931 bits per heavy atom. The highest BCUT2D eigenvalue weighted by molar-refractivity contribution is 5.88. The molecular weight excluding hydrogens is 385 g/mol. The Morgan fingerprint density at radius 3 is 2.17 bits per heavy atom. The number of nitrogens with one attached hydrogen (secondary N) is 1. The molecule has 2 heterocycles. The lowest BCUT2D eigenvalue weighted by molar-refractivity contribution is -0.137. The van der Waals surface area contributed by atoms with Gasteiger partial charge in [-0.15, -0.1) is 4.73 Å². The van der Waals surface area contributed by atoms with Crippen molar-refractivity contribution in [2.24, 2.45) is 0 Å². The van der Waals surface area contributed by atoms with E-state index in [0.717, 1.165) is 17.7 Å². The topological polar surface area (TPSA) is 80.0 Å². The molecule has 2 aromatic carbocycles. The van der Waals surface area contributed by atoms with E-state index < -0.39 is 17.4 Å². The molecule has 2 N–H and O–H groups in total. The number of rotatable bonds is 3. The van der Waals surface area contributed by atoms with Gasteiger partial charge in [0, 0.05) is 11.9 Å². The Kier molecular flexibility index (Phi) is 4.42. The smallest absolute Gasteiger partial charge is 0.416 e. The standard InChI is InChI=1S/C20H13F3N4O2/c21-20(22,23)14-7-3-12(4-8-14)13-5-9-15(10-6-13)25-17-16-2-1-11-24-18(16)27(29)19(28)26-17/h1-11,29H,(H,25,26,28). The monoisotopic (exact) mass is 398 g/mol. The number of anilines is 2. The number of benzene rings is 2. The van der Waals surface area contributed by atoms with Gasteiger partial charge in [-0.3, -0.25) is 0 Å². The van der Waals surface area contributed by atoms with E-state index in [4.69, 9.17) is 0 Å². The number of alkyl halides is 3. The first-order chi connectivity index (χ1) is 13.8. The normalized spacial score (nSPS) is 11.6. The third-order valence-electron chi connectivity index (χ3n) is 4.32. The largest absolute Gasteiger partial charge is 0.422 e. The van der Waals surface area contributed by atoms with Gasteiger partial charge in [0.15, 0.2) is 5.65 Å². The van der Waals surface area contributed by atoms with Crippen LogP contribution in [0.25, 0.3) is 22.2 Å². The van der Waals surface area contributed by atoms with E-state index in [-0.39, 0.29) is 11.5 Å². The van der Waals surface area contributed by atoms with Crippen molar-refractivity contribution in [3.63, 3.8) is 0 Å². The average Bonchev–Trinajstić information content (AvgIpc) is 2.72. The minimum Gasteiger partial charge on any atom is -0.422 e. The second kappa shape index (κ2) is 6.93. The van der Waals surface area contributed by atoms with Gasteiger partial charge in [0.25, 0.3) is 0 Å². The van der Waals surface area contributed by atoms with Crippen molar-refractivity contribution in [1.82, 2.24) is 14.7 Å². The molecule has 0 radical (unpaired) electrons. The Bertz CT molecular complexity index is 1230. The summed E-state index contributed by atoms with van der Waals surface area (Å²) in [5, 5.41) is 13.2. The maximum atomic E-state index is 12.7. The zero-order valence-corrected chi connectivity index (χ0v) is 14.7. The van der Waals surface area contributed by atoms with Gasteiger partial charge in [-0.25, -0.2) is 9.78 Å². The number of nitrogens with zero attached hydrogens (tertiary/aromatic N) is 3. The first kappa shape index (κ1) is 18.5. The van der Waals surface area contributed by atoms with Gasteiger partial charge in [0.05, 0.1) is 10.9 Å². The summed E-state index contributed by atoms with van der Waals surface area (Å²) in [6, 6.07) is 15.1. The molecule has 0 unspecified atom stereocenters. The first-order valence-electron chi connectivity index (χ1n) is 8.45. The van der Waals surface area contributed by atoms with Gasteiger partial charge < -0.3 is 10.5 Å². The minimum absolute atomic E-state index is 0.0661. The van der Waals surface area contributed by atoms with Gasteiger partial charge in [-0.1, -0.05) is 24.3 Å². The number of pyridine rings is 1. The van der Waals surface area contributed by atoms with Crippen LogP contribution in [0.3, 0.4) is 0 Å². The van der Waals surface area contributed by atoms with E-state index in [0.29, 0.717) is 21.4 Å². The van der Waals surface area contributed by atoms with Crippen LogP contribution in [0.5, 0.6) is 0 Å². The number of halogens is 3. The van der Waals surface area contributed by atoms with E-state index in [9.17, 15) is 23.2 Å². The molecule has 0 saturated heterocycles. The Morgan fingerprint density at radius 2 is 1.55 bits per heavy atom. The minimum atomic E-state index is -4.38. The predicted octanol–water partition coefficient (Wildman–Crippen LogP) is 4.46. The summed E-state index contributed by atoms with van der Waals surface area (Å²) in [7, 11) is 0. The van der Waals surface area contributed by atoms with E-state index >= 15 is 0 Å². The van der Waals surface area contributed by atoms with Crippen LogP contribution < -0.4 is 11.0 Å². The van der Waals surface area contributed by atoms with Crippen molar-refractivity contribution in [3.8, 4) is 11.1 Å². The Hall–Kier alpha value is -3.88. The maximum Gasteiger partial charge on any atom is 0.416 e. The van der Waals surface area contributed by atoms with Gasteiger partial charge in [0.2, 0.25) is 0 Å². The molecule has 2 aromatic heterocycles. The van der Waals surface area contributed by atoms with Crippen LogP contribution >= 0.6 is 0 Å². The molecule has 0 aliphatic rings. The summed E-state index contributed by atoms with van der Waals surface area (Å²) < 4.78 is 38.4. The summed E-state index contributed by atoms with van der Waals surface area (Å²) in [6.45, 7) is 0. The molecule has 0 spiro atoms. The molecule has 0 aliphatic carbocycles. The van der Waals surface area contributed by atoms with Crippen LogP contribution in [0.1, 0.15) is 5.56 Å². The van der Waals surface area contributed by atoms with Crippen LogP contribution in [0.4, 0.5) is 24.7 Å². The summed E-state index contributed by atoms with van der Waals surface area (Å²) in [5.74, 6) is 0.227. The molecule has 146 valence electrons. The molecule has 0 bridgehead atoms. The lowest BCUT2D eigenvalue weighted by Crippen LogP contribution is -2.23. The average molecular weight is 398 g/mol. The van der Waals surface area contributed by atoms with Crippen LogP contribution in [-0.2, 0) is 6.18 Å². The van der Waals surface area contributed by atoms with Crippen molar-refractivity contribution >= 4 is 22.5 Å². The Labute approximate surface area is 161 Å². The molecule has 4 aromatic rings. The molecule has 0 saturated carbocycles. The molecule has 4 rings (SSSR count). The third kappa shape index (κ3) is 3.62. The van der Waals surface area contributed by atoms with Gasteiger partial charge in [0.1, 0.15) is 5.82 Å². The summed E-state index contributed by atoms with van der Waals surface area (Å²) in [6.07, 6.45) is -2.93. The predicted molar refractivity (Wildman–Crippen MR) is 101 cm³/mol. The highest BCUT2D eigenvalue weighted by Crippen LogP contribution is 2.31. The van der Waals surface area contributed by atoms with Crippen LogP contribution in [-0.4, -0.2) is 19.9 Å². The zero-order valence-electron chi connectivity index (χ0n) is 14.7. The van der Waals surface area contributed by atoms with Gasteiger partial charge in [-0.05, 0) is 47.5 Å². The zero-order chi connectivity index (χ0) is 20.6. The second-order valence-electron chi connectivity index (χ2n) is 6.21. The van der Waals surface area contributed by atoms with Crippen LogP contribution in [0.15, 0.2) is 71.7 Å². The van der Waals surface area contributed by atoms with Crippen molar-refractivity contribution in [2.75, 3.05) is 5.32 Å². The fourth-order valence-corrected chi connectivity index (χ4v) is 2.87. The maximum absolute atomic E-state index is 12.7. The van der Waals surface area contributed by atoms with E-state index in [1.54, 1.807) is 36.4 Å². The van der Waals surface area contributed by atoms with Gasteiger partial charge >= 0.3 is 11.9 Å². The third-order valence-corrected chi connectivity index (χ3v) is 4.32. The summed E-state index contributed by atoms with van der Waals surface area (Å²) in [4.78, 5) is 19.6. The molecule has 0 atom stereocenters. The van der Waals surface area contributed by atoms with Gasteiger partial charge in [-0.2, -0.15) is 18.2 Å². The fourth-order valence-electron chi connectivity index (χ4n) is 2.87. The quantitative estimate of drug-likeness (QED) is 0.498. The van der Waals surface area contributed by atoms with Crippen molar-refractivity contribution in [3.05, 3.63) is 82.9 Å². The molecule has 6 nitrogen and oxygen atoms in total. The molecule has 0 aliphatic heterocycles. The lowest BCUT2D eigenvalue weighted by atomic mass is 10.0.